The molecule has 21 heavy (non-hydrogen) atoms. The lowest BCUT2D eigenvalue weighted by Gasteiger charge is -2.36. The fourth-order valence-electron chi connectivity index (χ4n) is 3.07. The van der Waals surface area contributed by atoms with E-state index in [1.54, 1.807) is 0 Å². The van der Waals surface area contributed by atoms with Crippen LogP contribution in [0.5, 0.6) is 0 Å². The van der Waals surface area contributed by atoms with Gasteiger partial charge < -0.3 is 4.74 Å². The third-order valence-electron chi connectivity index (χ3n) is 4.67. The molecule has 0 radical (unpaired) electrons. The minimum absolute atomic E-state index is 0.319. The molecule has 0 N–H and O–H groups in total. The molecule has 0 saturated heterocycles. The van der Waals surface area contributed by atoms with Crippen molar-refractivity contribution in [3.63, 3.8) is 0 Å². The highest BCUT2D eigenvalue weighted by molar-refractivity contribution is 5.51. The van der Waals surface area contributed by atoms with Gasteiger partial charge >= 0.3 is 0 Å². The summed E-state index contributed by atoms with van der Waals surface area (Å²) in [5.74, 6) is 2.94. The van der Waals surface area contributed by atoms with Crippen molar-refractivity contribution in [2.75, 3.05) is 0 Å². The Morgan fingerprint density at radius 2 is 1.95 bits per heavy atom. The molecular formula is C20H28O. The van der Waals surface area contributed by atoms with Gasteiger partial charge in [0.2, 0.25) is 0 Å². The van der Waals surface area contributed by atoms with Crippen LogP contribution in [0.3, 0.4) is 0 Å². The third-order valence-corrected chi connectivity index (χ3v) is 4.67. The van der Waals surface area contributed by atoms with Crippen molar-refractivity contribution in [1.29, 1.82) is 0 Å². The summed E-state index contributed by atoms with van der Waals surface area (Å²) in [7, 11) is 0. The molecule has 1 heteroatoms. The Morgan fingerprint density at radius 1 is 1.24 bits per heavy atom. The van der Waals surface area contributed by atoms with Gasteiger partial charge in [-0.2, -0.15) is 0 Å². The molecule has 0 unspecified atom stereocenters. The molecule has 1 fully saturated rings. The molecule has 2 rings (SSSR count). The monoisotopic (exact) mass is 284 g/mol. The highest BCUT2D eigenvalue weighted by Gasteiger charge is 2.30. The standard InChI is InChI=1S/C20H28O/c1-15(2)19-13-10-16(3)20(14-19)21-17(4)11-12-18-8-6-5-7-9-18/h5-9,11-12,15-16,19-20H,4,10,13-14H2,1-3H3/b12-11+/t16-,19+,20+/m0/s1. The molecule has 1 aromatic carbocycles. The van der Waals surface area contributed by atoms with E-state index in [4.69, 9.17) is 4.74 Å². The predicted octanol–water partition coefficient (Wildman–Crippen LogP) is 5.69. The van der Waals surface area contributed by atoms with Crippen LogP contribution in [0.4, 0.5) is 0 Å². The Bertz CT molecular complexity index is 472. The second-order valence-electron chi connectivity index (χ2n) is 6.66. The van der Waals surface area contributed by atoms with E-state index in [0.717, 1.165) is 24.0 Å². The second kappa shape index (κ2) is 7.49. The average Bonchev–Trinajstić information content (AvgIpc) is 2.48. The van der Waals surface area contributed by atoms with Crippen molar-refractivity contribution < 1.29 is 4.74 Å². The molecule has 0 spiro atoms. The summed E-state index contributed by atoms with van der Waals surface area (Å²) in [6.07, 6.45) is 8.14. The summed E-state index contributed by atoms with van der Waals surface area (Å²) in [4.78, 5) is 0. The maximum absolute atomic E-state index is 6.12. The van der Waals surface area contributed by atoms with Crippen molar-refractivity contribution in [3.8, 4) is 0 Å². The Balaban J connectivity index is 1.90. The molecule has 0 bridgehead atoms. The lowest BCUT2D eigenvalue weighted by atomic mass is 9.76. The van der Waals surface area contributed by atoms with Gasteiger partial charge in [-0.15, -0.1) is 0 Å². The van der Waals surface area contributed by atoms with E-state index < -0.39 is 0 Å². The number of hydrogen-bond donors (Lipinski definition) is 0. The third kappa shape index (κ3) is 4.77. The van der Waals surface area contributed by atoms with Crippen LogP contribution in [0.15, 0.2) is 48.7 Å². The number of allylic oxidation sites excluding steroid dienone is 1. The molecule has 0 aromatic heterocycles. The predicted molar refractivity (Wildman–Crippen MR) is 90.8 cm³/mol. The second-order valence-corrected chi connectivity index (χ2v) is 6.66. The number of benzene rings is 1. The Hall–Kier alpha value is -1.50. The summed E-state index contributed by atoms with van der Waals surface area (Å²) in [6, 6.07) is 10.3. The maximum Gasteiger partial charge on any atom is 0.112 e. The zero-order chi connectivity index (χ0) is 15.2. The minimum Gasteiger partial charge on any atom is -0.491 e. The lowest BCUT2D eigenvalue weighted by molar-refractivity contribution is 0.0174. The van der Waals surface area contributed by atoms with E-state index in [-0.39, 0.29) is 0 Å². The molecule has 1 aliphatic rings. The topological polar surface area (TPSA) is 9.23 Å². The van der Waals surface area contributed by atoms with Crippen LogP contribution >= 0.6 is 0 Å². The van der Waals surface area contributed by atoms with E-state index in [1.165, 1.54) is 18.4 Å². The summed E-state index contributed by atoms with van der Waals surface area (Å²) in [5, 5.41) is 0. The molecule has 0 heterocycles. The van der Waals surface area contributed by atoms with Gasteiger partial charge in [-0.3, -0.25) is 0 Å². The van der Waals surface area contributed by atoms with Crippen molar-refractivity contribution in [2.24, 2.45) is 17.8 Å². The molecular weight excluding hydrogens is 256 g/mol. The van der Waals surface area contributed by atoms with Gasteiger partial charge in [0.25, 0.3) is 0 Å². The van der Waals surface area contributed by atoms with E-state index in [2.05, 4.69) is 45.6 Å². The first-order valence-corrected chi connectivity index (χ1v) is 8.15. The van der Waals surface area contributed by atoms with Crippen LogP contribution in [0.1, 0.15) is 45.6 Å². The zero-order valence-corrected chi connectivity index (χ0v) is 13.6. The molecule has 1 aliphatic carbocycles. The van der Waals surface area contributed by atoms with E-state index in [9.17, 15) is 0 Å². The number of rotatable bonds is 5. The van der Waals surface area contributed by atoms with Gasteiger partial charge in [0.1, 0.15) is 11.9 Å². The van der Waals surface area contributed by atoms with Gasteiger partial charge in [0.05, 0.1) is 0 Å². The molecule has 0 aliphatic heterocycles. The average molecular weight is 284 g/mol. The zero-order valence-electron chi connectivity index (χ0n) is 13.6. The van der Waals surface area contributed by atoms with Crippen LogP contribution in [0.2, 0.25) is 0 Å². The van der Waals surface area contributed by atoms with Gasteiger partial charge in [-0.05, 0) is 48.7 Å². The lowest BCUT2D eigenvalue weighted by Crippen LogP contribution is -2.31. The van der Waals surface area contributed by atoms with Gasteiger partial charge in [-0.1, -0.05) is 63.8 Å². The first-order valence-electron chi connectivity index (χ1n) is 8.15. The first-order chi connectivity index (χ1) is 10.1. The molecule has 1 saturated carbocycles. The van der Waals surface area contributed by atoms with Crippen molar-refractivity contribution in [2.45, 2.75) is 46.1 Å². The van der Waals surface area contributed by atoms with E-state index in [1.807, 2.05) is 24.3 Å². The molecule has 114 valence electrons. The summed E-state index contributed by atoms with van der Waals surface area (Å²) in [6.45, 7) is 11.0. The SMILES string of the molecule is C=C(/C=C/c1ccccc1)O[C@@H]1C[C@H](C(C)C)CC[C@@H]1C. The fraction of sp³-hybridized carbons (Fsp3) is 0.500. The summed E-state index contributed by atoms with van der Waals surface area (Å²) < 4.78 is 6.12. The Kier molecular flexibility index (Phi) is 5.67. The highest BCUT2D eigenvalue weighted by Crippen LogP contribution is 2.35. The first kappa shape index (κ1) is 15.9. The van der Waals surface area contributed by atoms with Crippen molar-refractivity contribution >= 4 is 6.08 Å². The number of hydrogen-bond acceptors (Lipinski definition) is 1. The molecule has 3 atom stereocenters. The van der Waals surface area contributed by atoms with Crippen molar-refractivity contribution in [3.05, 3.63) is 54.3 Å². The normalized spacial score (nSPS) is 26.2. The Morgan fingerprint density at radius 3 is 2.62 bits per heavy atom. The fourth-order valence-corrected chi connectivity index (χ4v) is 3.07. The van der Waals surface area contributed by atoms with Crippen LogP contribution in [-0.2, 0) is 4.74 Å². The van der Waals surface area contributed by atoms with Crippen LogP contribution in [0, 0.1) is 17.8 Å². The van der Waals surface area contributed by atoms with Crippen LogP contribution < -0.4 is 0 Å². The molecule has 1 aromatic rings. The highest BCUT2D eigenvalue weighted by atomic mass is 16.5. The van der Waals surface area contributed by atoms with E-state index in [0.29, 0.717) is 12.0 Å². The largest absolute Gasteiger partial charge is 0.491 e. The van der Waals surface area contributed by atoms with Gasteiger partial charge in [-0.25, -0.2) is 0 Å². The molecule has 0 amide bonds. The number of ether oxygens (including phenoxy) is 1. The summed E-state index contributed by atoms with van der Waals surface area (Å²) >= 11 is 0. The Labute approximate surface area is 129 Å². The quantitative estimate of drug-likeness (QED) is 0.498. The van der Waals surface area contributed by atoms with E-state index >= 15 is 0 Å². The summed E-state index contributed by atoms with van der Waals surface area (Å²) in [5.41, 5.74) is 1.18. The van der Waals surface area contributed by atoms with Gasteiger partial charge in [0.15, 0.2) is 0 Å². The molecule has 1 nitrogen and oxygen atoms in total. The van der Waals surface area contributed by atoms with Gasteiger partial charge in [0, 0.05) is 0 Å². The smallest absolute Gasteiger partial charge is 0.112 e. The minimum atomic E-state index is 0.319. The van der Waals surface area contributed by atoms with Crippen LogP contribution in [0.25, 0.3) is 6.08 Å². The maximum atomic E-state index is 6.12. The van der Waals surface area contributed by atoms with Crippen molar-refractivity contribution in [1.82, 2.24) is 0 Å². The van der Waals surface area contributed by atoms with Crippen LogP contribution in [-0.4, -0.2) is 6.10 Å².